The van der Waals surface area contributed by atoms with Crippen LogP contribution in [-0.4, -0.2) is 34.9 Å². The van der Waals surface area contributed by atoms with Gasteiger partial charge in [0, 0.05) is 12.1 Å². The van der Waals surface area contributed by atoms with Gasteiger partial charge in [0.1, 0.15) is 12.7 Å². The van der Waals surface area contributed by atoms with Gasteiger partial charge in [0.2, 0.25) is 5.91 Å². The van der Waals surface area contributed by atoms with E-state index in [1.165, 1.54) is 12.1 Å². The predicted molar refractivity (Wildman–Crippen MR) is 95.2 cm³/mol. The van der Waals surface area contributed by atoms with Crippen LogP contribution >= 0.6 is 0 Å². The monoisotopic (exact) mass is 358 g/mol. The maximum atomic E-state index is 11.6. The number of rotatable bonds is 8. The zero-order valence-electron chi connectivity index (χ0n) is 14.2. The molecule has 0 aliphatic rings. The Kier molecular flexibility index (Phi) is 7.13. The highest BCUT2D eigenvalue weighted by Gasteiger charge is 2.22. The van der Waals surface area contributed by atoms with E-state index in [0.717, 1.165) is 5.56 Å². The van der Waals surface area contributed by atoms with E-state index in [2.05, 4.69) is 5.32 Å². The number of amides is 2. The lowest BCUT2D eigenvalue weighted by Gasteiger charge is -2.20. The second kappa shape index (κ2) is 9.55. The van der Waals surface area contributed by atoms with Crippen LogP contribution in [0.5, 0.6) is 0 Å². The van der Waals surface area contributed by atoms with Gasteiger partial charge >= 0.3 is 6.09 Å². The molecule has 0 aliphatic heterocycles. The summed E-state index contributed by atoms with van der Waals surface area (Å²) in [5.41, 5.74) is 6.53. The quantitative estimate of drug-likeness (QED) is 0.570. The molecule has 7 nitrogen and oxygen atoms in total. The van der Waals surface area contributed by atoms with Crippen molar-refractivity contribution in [3.63, 3.8) is 0 Å². The Morgan fingerprint density at radius 1 is 1.04 bits per heavy atom. The number of benzene rings is 2. The first-order chi connectivity index (χ1) is 12.5. The molecular weight excluding hydrogens is 336 g/mol. The van der Waals surface area contributed by atoms with E-state index in [1.807, 2.05) is 30.3 Å². The smallest absolute Gasteiger partial charge is 0.407 e. The van der Waals surface area contributed by atoms with Gasteiger partial charge in [-0.25, -0.2) is 4.79 Å². The highest BCUT2D eigenvalue weighted by molar-refractivity contribution is 5.94. The van der Waals surface area contributed by atoms with E-state index >= 15 is 0 Å². The second-order valence-electron chi connectivity index (χ2n) is 5.74. The Balaban J connectivity index is 1.78. The van der Waals surface area contributed by atoms with Crippen LogP contribution in [0.1, 0.15) is 34.0 Å². The Bertz CT molecular complexity index is 736. The van der Waals surface area contributed by atoms with Crippen molar-refractivity contribution in [2.75, 3.05) is 6.54 Å². The number of hydrogen-bond acceptors (Lipinski definition) is 5. The molecule has 2 aromatic carbocycles. The van der Waals surface area contributed by atoms with Crippen LogP contribution in [0.3, 0.4) is 0 Å². The number of carbonyl (C=O) groups excluding carboxylic acids is 2. The van der Waals surface area contributed by atoms with Crippen molar-refractivity contribution in [2.24, 2.45) is 5.73 Å². The maximum Gasteiger partial charge on any atom is 0.407 e. The molecule has 2 amide bonds. The minimum Gasteiger partial charge on any atom is -0.445 e. The molecule has 26 heavy (non-hydrogen) atoms. The fourth-order valence-corrected chi connectivity index (χ4v) is 2.44. The number of primary amides is 1. The number of nitrogens with one attached hydrogen (secondary N) is 1. The van der Waals surface area contributed by atoms with Gasteiger partial charge in [-0.2, -0.15) is 0 Å². The number of alkyl carbamates (subject to hydrolysis) is 1. The number of ether oxygens (including phenoxy) is 1. The fourth-order valence-electron chi connectivity index (χ4n) is 2.44. The van der Waals surface area contributed by atoms with Crippen LogP contribution in [0.25, 0.3) is 0 Å². The highest BCUT2D eigenvalue weighted by Crippen LogP contribution is 2.22. The van der Waals surface area contributed by atoms with Crippen molar-refractivity contribution in [1.82, 2.24) is 5.32 Å². The van der Waals surface area contributed by atoms with E-state index in [0.29, 0.717) is 0 Å². The molecule has 0 aliphatic carbocycles. The predicted octanol–water partition coefficient (Wildman–Crippen LogP) is 1.50. The summed E-state index contributed by atoms with van der Waals surface area (Å²) in [6, 6.07) is 15.5. The first kappa shape index (κ1) is 19.4. The van der Waals surface area contributed by atoms with Crippen molar-refractivity contribution in [3.05, 3.63) is 71.3 Å². The number of aliphatic hydroxyl groups is 2. The van der Waals surface area contributed by atoms with Crippen LogP contribution in [0.4, 0.5) is 4.79 Å². The van der Waals surface area contributed by atoms with Crippen molar-refractivity contribution in [3.8, 4) is 0 Å². The summed E-state index contributed by atoms with van der Waals surface area (Å²) in [6.07, 6.45) is -3.01. The van der Waals surface area contributed by atoms with E-state index in [4.69, 9.17) is 10.5 Å². The number of hydrogen-bond donors (Lipinski definition) is 4. The standard InChI is InChI=1S/C19H22N2O5/c20-18(24)15-9-5-4-8-14(15)17(23)16(22)10-11-21-19(25)26-12-13-6-2-1-3-7-13/h1-9,16-17,22-23H,10-12H2,(H2,20,24)(H,21,25). The highest BCUT2D eigenvalue weighted by atomic mass is 16.5. The summed E-state index contributed by atoms with van der Waals surface area (Å²) in [6.45, 7) is 0.244. The summed E-state index contributed by atoms with van der Waals surface area (Å²) in [4.78, 5) is 23.0. The van der Waals surface area contributed by atoms with E-state index < -0.39 is 24.2 Å². The molecule has 0 aromatic heterocycles. The molecule has 7 heteroatoms. The van der Waals surface area contributed by atoms with Crippen molar-refractivity contribution >= 4 is 12.0 Å². The van der Waals surface area contributed by atoms with Crippen LogP contribution in [-0.2, 0) is 11.3 Å². The van der Waals surface area contributed by atoms with Crippen LogP contribution < -0.4 is 11.1 Å². The molecule has 0 saturated carbocycles. The van der Waals surface area contributed by atoms with Gasteiger partial charge in [0.25, 0.3) is 0 Å². The van der Waals surface area contributed by atoms with Gasteiger partial charge in [-0.3, -0.25) is 4.79 Å². The van der Waals surface area contributed by atoms with E-state index in [1.54, 1.807) is 12.1 Å². The molecule has 2 atom stereocenters. The van der Waals surface area contributed by atoms with Crippen LogP contribution in [0, 0.1) is 0 Å². The molecule has 138 valence electrons. The van der Waals surface area contributed by atoms with Crippen molar-refractivity contribution < 1.29 is 24.5 Å². The van der Waals surface area contributed by atoms with Crippen molar-refractivity contribution in [1.29, 1.82) is 0 Å². The molecule has 5 N–H and O–H groups in total. The minimum atomic E-state index is -1.29. The zero-order valence-corrected chi connectivity index (χ0v) is 14.2. The molecule has 2 aromatic rings. The van der Waals surface area contributed by atoms with Gasteiger partial charge in [-0.05, 0) is 23.6 Å². The molecular formula is C19H22N2O5. The van der Waals surface area contributed by atoms with Crippen LogP contribution in [0.15, 0.2) is 54.6 Å². The lowest BCUT2D eigenvalue weighted by atomic mass is 9.97. The Hall–Kier alpha value is -2.90. The third kappa shape index (κ3) is 5.58. The largest absolute Gasteiger partial charge is 0.445 e. The molecule has 0 fully saturated rings. The lowest BCUT2D eigenvalue weighted by Crippen LogP contribution is -2.30. The van der Waals surface area contributed by atoms with Crippen LogP contribution in [0.2, 0.25) is 0 Å². The van der Waals surface area contributed by atoms with Gasteiger partial charge < -0.3 is 26.0 Å². The SMILES string of the molecule is NC(=O)c1ccccc1C(O)C(O)CCNC(=O)OCc1ccccc1. The number of nitrogens with two attached hydrogens (primary N) is 1. The number of aliphatic hydroxyl groups excluding tert-OH is 2. The summed E-state index contributed by atoms with van der Waals surface area (Å²) >= 11 is 0. The first-order valence-electron chi connectivity index (χ1n) is 8.18. The number of carbonyl (C=O) groups is 2. The molecule has 0 saturated heterocycles. The van der Waals surface area contributed by atoms with Crippen molar-refractivity contribution in [2.45, 2.75) is 25.2 Å². The Morgan fingerprint density at radius 3 is 2.38 bits per heavy atom. The average Bonchev–Trinajstić information content (AvgIpc) is 2.66. The third-order valence-electron chi connectivity index (χ3n) is 3.83. The molecule has 2 rings (SSSR count). The average molecular weight is 358 g/mol. The first-order valence-corrected chi connectivity index (χ1v) is 8.18. The maximum absolute atomic E-state index is 11.6. The van der Waals surface area contributed by atoms with Gasteiger partial charge in [-0.1, -0.05) is 48.5 Å². The summed E-state index contributed by atoms with van der Waals surface area (Å²) in [5, 5.41) is 22.8. The lowest BCUT2D eigenvalue weighted by molar-refractivity contribution is 0.0132. The van der Waals surface area contributed by atoms with Gasteiger partial charge in [0.05, 0.1) is 6.10 Å². The molecule has 0 heterocycles. The Morgan fingerprint density at radius 2 is 1.69 bits per heavy atom. The normalized spacial score (nSPS) is 12.8. The van der Waals surface area contributed by atoms with E-state index in [9.17, 15) is 19.8 Å². The third-order valence-corrected chi connectivity index (χ3v) is 3.83. The van der Waals surface area contributed by atoms with E-state index in [-0.39, 0.29) is 30.7 Å². The summed E-state index contributed by atoms with van der Waals surface area (Å²) < 4.78 is 5.05. The second-order valence-corrected chi connectivity index (χ2v) is 5.74. The summed E-state index contributed by atoms with van der Waals surface area (Å²) in [5.74, 6) is -0.686. The van der Waals surface area contributed by atoms with Gasteiger partial charge in [-0.15, -0.1) is 0 Å². The minimum absolute atomic E-state index is 0.0781. The van der Waals surface area contributed by atoms with Gasteiger partial charge in [0.15, 0.2) is 0 Å². The molecule has 0 radical (unpaired) electrons. The fraction of sp³-hybridized carbons (Fsp3) is 0.263. The molecule has 0 bridgehead atoms. The molecule has 2 unspecified atom stereocenters. The molecule has 0 spiro atoms. The summed E-state index contributed by atoms with van der Waals surface area (Å²) in [7, 11) is 0. The zero-order chi connectivity index (χ0) is 18.9. The topological polar surface area (TPSA) is 122 Å². The Labute approximate surface area is 151 Å².